The maximum Gasteiger partial charge on any atom is 0.0313 e. The van der Waals surface area contributed by atoms with Crippen LogP contribution in [0.25, 0.3) is 0 Å². The van der Waals surface area contributed by atoms with Crippen LogP contribution in [0.15, 0.2) is 6.07 Å². The highest BCUT2D eigenvalue weighted by molar-refractivity contribution is 7.98. The number of nitrogens with zero attached hydrogens (tertiary/aromatic N) is 1. The zero-order valence-corrected chi connectivity index (χ0v) is 13.3. The van der Waals surface area contributed by atoms with E-state index in [1.165, 1.54) is 67.8 Å². The fourth-order valence-electron chi connectivity index (χ4n) is 3.18. The maximum atomic E-state index is 6.22. The Morgan fingerprint density at radius 1 is 1.32 bits per heavy atom. The Hall–Kier alpha value is -0.410. The summed E-state index contributed by atoms with van der Waals surface area (Å²) in [6.45, 7) is 3.42. The molecule has 108 valence electrons. The topological polar surface area (TPSA) is 30.9 Å². The van der Waals surface area contributed by atoms with E-state index in [4.69, 9.17) is 5.73 Å². The number of aryl methyl sites for hydroxylation is 1. The van der Waals surface area contributed by atoms with Gasteiger partial charge in [0.05, 0.1) is 0 Å². The van der Waals surface area contributed by atoms with Gasteiger partial charge in [0, 0.05) is 24.0 Å². The van der Waals surface area contributed by atoms with Gasteiger partial charge in [0.1, 0.15) is 0 Å². The molecule has 0 aromatic carbocycles. The molecule has 0 amide bonds. The van der Waals surface area contributed by atoms with Crippen molar-refractivity contribution in [1.82, 2.24) is 4.57 Å². The van der Waals surface area contributed by atoms with Crippen molar-refractivity contribution in [2.24, 2.45) is 5.73 Å². The average molecular weight is 280 g/mol. The zero-order chi connectivity index (χ0) is 13.7. The molecule has 1 aliphatic carbocycles. The highest BCUT2D eigenvalue weighted by Gasteiger charge is 2.21. The molecule has 0 saturated carbocycles. The quantitative estimate of drug-likeness (QED) is 0.764. The molecule has 2 nitrogen and oxygen atoms in total. The Balaban J connectivity index is 1.86. The molecule has 0 saturated heterocycles. The van der Waals surface area contributed by atoms with Crippen molar-refractivity contribution in [3.63, 3.8) is 0 Å². The summed E-state index contributed by atoms with van der Waals surface area (Å²) in [6.07, 6.45) is 11.3. The summed E-state index contributed by atoms with van der Waals surface area (Å²) in [5.74, 6) is 1.31. The Morgan fingerprint density at radius 2 is 2.11 bits per heavy atom. The molecule has 0 radical (unpaired) electrons. The number of hydrogen-bond acceptors (Lipinski definition) is 2. The third kappa shape index (κ3) is 3.79. The van der Waals surface area contributed by atoms with Crippen molar-refractivity contribution in [1.29, 1.82) is 0 Å². The SMILES string of the molecule is CSCCCCCCn1c(C)cc2c1CCCC2N. The number of hydrogen-bond donors (Lipinski definition) is 1. The van der Waals surface area contributed by atoms with Crippen LogP contribution in [-0.4, -0.2) is 16.6 Å². The Labute approximate surface area is 122 Å². The lowest BCUT2D eigenvalue weighted by atomic mass is 9.93. The van der Waals surface area contributed by atoms with E-state index in [1.807, 2.05) is 11.8 Å². The average Bonchev–Trinajstić information content (AvgIpc) is 2.72. The molecule has 1 atom stereocenters. The smallest absolute Gasteiger partial charge is 0.0313 e. The lowest BCUT2D eigenvalue weighted by Gasteiger charge is -2.21. The normalized spacial score (nSPS) is 18.6. The molecular formula is C16H28N2S. The number of aromatic nitrogens is 1. The fraction of sp³-hybridized carbons (Fsp3) is 0.750. The molecule has 0 bridgehead atoms. The molecule has 2 rings (SSSR count). The molecule has 3 heteroatoms. The van der Waals surface area contributed by atoms with E-state index >= 15 is 0 Å². The third-order valence-corrected chi connectivity index (χ3v) is 4.95. The minimum atomic E-state index is 0.283. The lowest BCUT2D eigenvalue weighted by Crippen LogP contribution is -2.18. The minimum absolute atomic E-state index is 0.283. The molecular weight excluding hydrogens is 252 g/mol. The second kappa shape index (κ2) is 7.39. The second-order valence-corrected chi connectivity index (χ2v) is 6.73. The first-order chi connectivity index (χ1) is 9.24. The van der Waals surface area contributed by atoms with Gasteiger partial charge in [-0.25, -0.2) is 0 Å². The minimum Gasteiger partial charge on any atom is -0.349 e. The standard InChI is InChI=1S/C16H28N2S/c1-13-12-14-15(17)8-7-9-16(14)18(13)10-5-3-4-6-11-19-2/h12,15H,3-11,17H2,1-2H3. The Morgan fingerprint density at radius 3 is 2.89 bits per heavy atom. The molecule has 0 spiro atoms. The summed E-state index contributed by atoms with van der Waals surface area (Å²) in [4.78, 5) is 0. The van der Waals surface area contributed by atoms with Crippen molar-refractivity contribution >= 4 is 11.8 Å². The molecule has 1 aromatic rings. The van der Waals surface area contributed by atoms with Crippen LogP contribution in [0.4, 0.5) is 0 Å². The first kappa shape index (κ1) is 15.0. The van der Waals surface area contributed by atoms with Crippen LogP contribution in [0.2, 0.25) is 0 Å². The summed E-state index contributed by atoms with van der Waals surface area (Å²) >= 11 is 1.96. The van der Waals surface area contributed by atoms with E-state index in [0.29, 0.717) is 0 Å². The summed E-state index contributed by atoms with van der Waals surface area (Å²) in [5.41, 5.74) is 10.6. The predicted octanol–water partition coefficient (Wildman–Crippen LogP) is 4.06. The number of thioether (sulfide) groups is 1. The van der Waals surface area contributed by atoms with Gasteiger partial charge < -0.3 is 10.3 Å². The first-order valence-electron chi connectivity index (χ1n) is 7.67. The molecule has 19 heavy (non-hydrogen) atoms. The van der Waals surface area contributed by atoms with E-state index in [9.17, 15) is 0 Å². The van der Waals surface area contributed by atoms with E-state index in [1.54, 1.807) is 0 Å². The van der Waals surface area contributed by atoms with Gasteiger partial charge >= 0.3 is 0 Å². The van der Waals surface area contributed by atoms with Crippen LogP contribution in [0.1, 0.15) is 61.5 Å². The van der Waals surface area contributed by atoms with Gasteiger partial charge in [-0.05, 0) is 62.7 Å². The number of rotatable bonds is 7. The summed E-state index contributed by atoms with van der Waals surface area (Å²) in [5, 5.41) is 0. The fourth-order valence-corrected chi connectivity index (χ4v) is 3.67. The summed E-state index contributed by atoms with van der Waals surface area (Å²) in [7, 11) is 0. The van der Waals surface area contributed by atoms with Crippen LogP contribution in [0, 0.1) is 6.92 Å². The van der Waals surface area contributed by atoms with Crippen molar-refractivity contribution in [2.45, 2.75) is 64.5 Å². The number of unbranched alkanes of at least 4 members (excludes halogenated alkanes) is 3. The van der Waals surface area contributed by atoms with Gasteiger partial charge in [-0.3, -0.25) is 0 Å². The predicted molar refractivity (Wildman–Crippen MR) is 85.9 cm³/mol. The van der Waals surface area contributed by atoms with Crippen LogP contribution in [0.3, 0.4) is 0 Å². The summed E-state index contributed by atoms with van der Waals surface area (Å²) < 4.78 is 2.53. The first-order valence-corrected chi connectivity index (χ1v) is 9.07. The van der Waals surface area contributed by atoms with E-state index in [-0.39, 0.29) is 6.04 Å². The van der Waals surface area contributed by atoms with Crippen LogP contribution >= 0.6 is 11.8 Å². The maximum absolute atomic E-state index is 6.22. The van der Waals surface area contributed by atoms with Crippen LogP contribution in [0.5, 0.6) is 0 Å². The van der Waals surface area contributed by atoms with Crippen LogP contribution in [-0.2, 0) is 13.0 Å². The van der Waals surface area contributed by atoms with E-state index in [0.717, 1.165) is 6.42 Å². The molecule has 2 N–H and O–H groups in total. The van der Waals surface area contributed by atoms with Gasteiger partial charge in [0.15, 0.2) is 0 Å². The van der Waals surface area contributed by atoms with Gasteiger partial charge in [0.25, 0.3) is 0 Å². The third-order valence-electron chi connectivity index (χ3n) is 4.26. The molecule has 1 unspecified atom stereocenters. The van der Waals surface area contributed by atoms with Gasteiger partial charge in [-0.15, -0.1) is 0 Å². The van der Waals surface area contributed by atoms with Crippen LogP contribution < -0.4 is 5.73 Å². The highest BCUT2D eigenvalue weighted by atomic mass is 32.2. The molecule has 0 aliphatic heterocycles. The Bertz CT molecular complexity index is 398. The van der Waals surface area contributed by atoms with E-state index in [2.05, 4.69) is 23.8 Å². The molecule has 0 fully saturated rings. The second-order valence-electron chi connectivity index (χ2n) is 5.75. The monoisotopic (exact) mass is 280 g/mol. The Kier molecular flexibility index (Phi) is 5.83. The lowest BCUT2D eigenvalue weighted by molar-refractivity contribution is 0.517. The van der Waals surface area contributed by atoms with Gasteiger partial charge in [0.2, 0.25) is 0 Å². The molecule has 1 aliphatic rings. The van der Waals surface area contributed by atoms with Gasteiger partial charge in [-0.2, -0.15) is 11.8 Å². The zero-order valence-electron chi connectivity index (χ0n) is 12.5. The van der Waals surface area contributed by atoms with Gasteiger partial charge in [-0.1, -0.05) is 12.8 Å². The highest BCUT2D eigenvalue weighted by Crippen LogP contribution is 2.30. The molecule has 1 heterocycles. The van der Waals surface area contributed by atoms with Crippen molar-refractivity contribution < 1.29 is 0 Å². The largest absolute Gasteiger partial charge is 0.349 e. The summed E-state index contributed by atoms with van der Waals surface area (Å²) in [6, 6.07) is 2.61. The number of nitrogens with two attached hydrogens (primary N) is 1. The van der Waals surface area contributed by atoms with E-state index < -0.39 is 0 Å². The van der Waals surface area contributed by atoms with Crippen molar-refractivity contribution in [2.75, 3.05) is 12.0 Å². The van der Waals surface area contributed by atoms with Crippen molar-refractivity contribution in [3.8, 4) is 0 Å². The van der Waals surface area contributed by atoms with Crippen molar-refractivity contribution in [3.05, 3.63) is 23.0 Å². The molecule has 1 aromatic heterocycles. The number of fused-ring (bicyclic) bond motifs is 1.